The van der Waals surface area contributed by atoms with Crippen LogP contribution in [0.4, 0.5) is 5.69 Å². The molecule has 1 atom stereocenters. The van der Waals surface area contributed by atoms with E-state index in [2.05, 4.69) is 58.8 Å². The van der Waals surface area contributed by atoms with Crippen molar-refractivity contribution in [2.24, 2.45) is 5.92 Å². The average molecular weight is 467 g/mol. The van der Waals surface area contributed by atoms with E-state index in [4.69, 9.17) is 5.26 Å². The summed E-state index contributed by atoms with van der Waals surface area (Å²) in [7, 11) is 0. The highest BCUT2D eigenvalue weighted by Crippen LogP contribution is 2.39. The topological polar surface area (TPSA) is 84.8 Å². The van der Waals surface area contributed by atoms with Gasteiger partial charge in [-0.1, -0.05) is 0 Å². The zero-order chi connectivity index (χ0) is 15.0. The summed E-state index contributed by atoms with van der Waals surface area (Å²) in [4.78, 5) is 14.9. The normalized spacial score (nSPS) is 12.3. The Labute approximate surface area is 139 Å². The third-order valence-corrected chi connectivity index (χ3v) is 5.29. The Morgan fingerprint density at radius 2 is 2.20 bits per heavy atom. The molecule has 20 heavy (non-hydrogen) atoms. The highest BCUT2D eigenvalue weighted by atomic mass is 79.9. The molecule has 1 aromatic heterocycles. The second kappa shape index (κ2) is 5.79. The van der Waals surface area contributed by atoms with Crippen LogP contribution in [-0.4, -0.2) is 14.5 Å². The lowest BCUT2D eigenvalue weighted by molar-refractivity contribution is -0.384. The van der Waals surface area contributed by atoms with E-state index in [1.165, 1.54) is 0 Å². The molecular weight excluding hydrogens is 460 g/mol. The van der Waals surface area contributed by atoms with Crippen molar-refractivity contribution in [1.82, 2.24) is 9.55 Å². The number of nitrogens with zero attached hydrogens (tertiary/aromatic N) is 4. The van der Waals surface area contributed by atoms with Gasteiger partial charge in [0.1, 0.15) is 4.47 Å². The number of rotatable bonds is 3. The number of hydrogen-bond donors (Lipinski definition) is 0. The van der Waals surface area contributed by atoms with Gasteiger partial charge in [-0.05, 0) is 60.8 Å². The number of halogens is 3. The number of imidazole rings is 1. The van der Waals surface area contributed by atoms with E-state index < -0.39 is 4.92 Å². The van der Waals surface area contributed by atoms with Crippen LogP contribution in [0.1, 0.15) is 6.92 Å². The maximum Gasteiger partial charge on any atom is 0.312 e. The van der Waals surface area contributed by atoms with Crippen molar-refractivity contribution in [2.45, 2.75) is 13.5 Å². The van der Waals surface area contributed by atoms with Crippen LogP contribution < -0.4 is 0 Å². The molecule has 1 heterocycles. The molecule has 0 aliphatic rings. The van der Waals surface area contributed by atoms with Crippen LogP contribution in [0.5, 0.6) is 0 Å². The number of fused-ring (bicyclic) bond motifs is 1. The summed E-state index contributed by atoms with van der Waals surface area (Å²) in [5, 5.41) is 20.1. The van der Waals surface area contributed by atoms with E-state index in [1.54, 1.807) is 17.6 Å². The SMILES string of the molecule is CC(C#N)Cn1c(Br)nc2c([N+](=O)[O-])c(Br)c(Br)cc21. The fourth-order valence-electron chi connectivity index (χ4n) is 1.81. The molecule has 0 saturated carbocycles. The Bertz CT molecular complexity index is 750. The molecule has 6 nitrogen and oxygen atoms in total. The Kier molecular flexibility index (Phi) is 4.46. The number of benzene rings is 1. The molecular formula is C11H7Br3N4O2. The van der Waals surface area contributed by atoms with Gasteiger partial charge in [-0.3, -0.25) is 10.1 Å². The zero-order valence-electron chi connectivity index (χ0n) is 10.1. The molecule has 0 aliphatic carbocycles. The summed E-state index contributed by atoms with van der Waals surface area (Å²) in [6, 6.07) is 3.88. The van der Waals surface area contributed by atoms with Crippen molar-refractivity contribution in [3.63, 3.8) is 0 Å². The van der Waals surface area contributed by atoms with Crippen molar-refractivity contribution >= 4 is 64.5 Å². The molecule has 104 valence electrons. The highest BCUT2D eigenvalue weighted by Gasteiger charge is 2.25. The monoisotopic (exact) mass is 464 g/mol. The van der Waals surface area contributed by atoms with Gasteiger partial charge in [0, 0.05) is 11.0 Å². The van der Waals surface area contributed by atoms with Crippen molar-refractivity contribution in [2.75, 3.05) is 0 Å². The van der Waals surface area contributed by atoms with Crippen LogP contribution >= 0.6 is 47.8 Å². The minimum absolute atomic E-state index is 0.0987. The quantitative estimate of drug-likeness (QED) is 0.496. The summed E-state index contributed by atoms with van der Waals surface area (Å²) in [5.41, 5.74) is 0.779. The van der Waals surface area contributed by atoms with Crippen LogP contribution in [0, 0.1) is 27.4 Å². The summed E-state index contributed by atoms with van der Waals surface area (Å²) >= 11 is 9.77. The first-order valence-electron chi connectivity index (χ1n) is 5.44. The second-order valence-electron chi connectivity index (χ2n) is 4.17. The second-order valence-corrected chi connectivity index (χ2v) is 6.52. The third-order valence-electron chi connectivity index (χ3n) is 2.72. The molecule has 0 aliphatic heterocycles. The molecule has 0 saturated heterocycles. The van der Waals surface area contributed by atoms with Crippen LogP contribution in [-0.2, 0) is 6.54 Å². The molecule has 2 rings (SSSR count). The Morgan fingerprint density at radius 1 is 1.55 bits per heavy atom. The van der Waals surface area contributed by atoms with Gasteiger partial charge in [-0.2, -0.15) is 5.26 Å². The van der Waals surface area contributed by atoms with Crippen LogP contribution in [0.2, 0.25) is 0 Å². The molecule has 0 spiro atoms. The molecule has 9 heteroatoms. The number of aromatic nitrogens is 2. The van der Waals surface area contributed by atoms with Crippen molar-refractivity contribution in [3.8, 4) is 6.07 Å². The number of hydrogen-bond acceptors (Lipinski definition) is 4. The van der Waals surface area contributed by atoms with Crippen LogP contribution in [0.15, 0.2) is 19.7 Å². The van der Waals surface area contributed by atoms with Gasteiger partial charge >= 0.3 is 5.69 Å². The summed E-state index contributed by atoms with van der Waals surface area (Å²) in [6.07, 6.45) is 0. The van der Waals surface area contributed by atoms with Gasteiger partial charge in [0.2, 0.25) is 0 Å². The smallest absolute Gasteiger partial charge is 0.312 e. The fourth-order valence-corrected chi connectivity index (χ4v) is 3.18. The summed E-state index contributed by atoms with van der Waals surface area (Å²) in [5.74, 6) is -0.231. The molecule has 2 aromatic rings. The lowest BCUT2D eigenvalue weighted by Gasteiger charge is -2.07. The molecule has 1 unspecified atom stereocenters. The molecule has 0 N–H and O–H groups in total. The minimum atomic E-state index is -0.478. The van der Waals surface area contributed by atoms with E-state index in [0.29, 0.717) is 25.7 Å². The Balaban J connectivity index is 2.78. The number of nitriles is 1. The number of nitro benzene ring substituents is 1. The largest absolute Gasteiger partial charge is 0.317 e. The van der Waals surface area contributed by atoms with Gasteiger partial charge < -0.3 is 4.57 Å². The molecule has 1 aromatic carbocycles. The lowest BCUT2D eigenvalue weighted by Crippen LogP contribution is -2.06. The van der Waals surface area contributed by atoms with E-state index >= 15 is 0 Å². The first-order valence-corrected chi connectivity index (χ1v) is 7.82. The lowest BCUT2D eigenvalue weighted by atomic mass is 10.2. The molecule has 0 amide bonds. The first-order chi connectivity index (χ1) is 9.36. The Morgan fingerprint density at radius 3 is 2.75 bits per heavy atom. The maximum absolute atomic E-state index is 11.2. The summed E-state index contributed by atoms with van der Waals surface area (Å²) in [6.45, 7) is 2.18. The molecule has 0 radical (unpaired) electrons. The zero-order valence-corrected chi connectivity index (χ0v) is 14.9. The summed E-state index contributed by atoms with van der Waals surface area (Å²) < 4.78 is 3.12. The Hall–Kier alpha value is -0.980. The van der Waals surface area contributed by atoms with Gasteiger partial charge in [-0.15, -0.1) is 0 Å². The van der Waals surface area contributed by atoms with E-state index in [0.717, 1.165) is 0 Å². The highest BCUT2D eigenvalue weighted by molar-refractivity contribution is 9.13. The predicted molar refractivity (Wildman–Crippen MR) is 84.3 cm³/mol. The van der Waals surface area contributed by atoms with Gasteiger partial charge in [0.05, 0.1) is 22.4 Å². The van der Waals surface area contributed by atoms with E-state index in [-0.39, 0.29) is 17.1 Å². The minimum Gasteiger partial charge on any atom is -0.317 e. The molecule has 0 bridgehead atoms. The fraction of sp³-hybridized carbons (Fsp3) is 0.273. The van der Waals surface area contributed by atoms with Gasteiger partial charge in [0.15, 0.2) is 10.3 Å². The average Bonchev–Trinajstić information content (AvgIpc) is 2.67. The predicted octanol–water partition coefficient (Wildman–Crippen LogP) is 4.39. The van der Waals surface area contributed by atoms with Crippen molar-refractivity contribution in [1.29, 1.82) is 5.26 Å². The van der Waals surface area contributed by atoms with Crippen LogP contribution in [0.3, 0.4) is 0 Å². The third kappa shape index (κ3) is 2.60. The number of nitro groups is 1. The van der Waals surface area contributed by atoms with Crippen LogP contribution in [0.25, 0.3) is 11.0 Å². The standard InChI is InChI=1S/C11H7Br3N4O2/c1-5(3-15)4-17-7-2-6(12)8(13)10(18(19)20)9(7)16-11(17)14/h2,5H,4H2,1H3. The van der Waals surface area contributed by atoms with E-state index in [9.17, 15) is 10.1 Å². The van der Waals surface area contributed by atoms with Gasteiger partial charge in [0.25, 0.3) is 0 Å². The van der Waals surface area contributed by atoms with E-state index in [1.807, 2.05) is 0 Å². The first kappa shape index (κ1) is 15.4. The molecule has 0 fully saturated rings. The van der Waals surface area contributed by atoms with Crippen molar-refractivity contribution < 1.29 is 4.92 Å². The van der Waals surface area contributed by atoms with Gasteiger partial charge in [-0.25, -0.2) is 4.98 Å². The van der Waals surface area contributed by atoms with Crippen molar-refractivity contribution in [3.05, 3.63) is 29.9 Å². The maximum atomic E-state index is 11.2.